The normalized spacial score (nSPS) is 11.9. The lowest BCUT2D eigenvalue weighted by Crippen LogP contribution is -2.51. The summed E-state index contributed by atoms with van der Waals surface area (Å²) in [6.45, 7) is 0.821. The Morgan fingerprint density at radius 3 is 2.12 bits per heavy atom. The van der Waals surface area contributed by atoms with Gasteiger partial charge in [0.15, 0.2) is 11.5 Å². The van der Waals surface area contributed by atoms with Crippen molar-refractivity contribution in [2.45, 2.75) is 30.8 Å². The summed E-state index contributed by atoms with van der Waals surface area (Å²) in [4.78, 5) is 27.8. The largest absolute Gasteiger partial charge is 0.493 e. The maximum atomic E-state index is 14.0. The molecular weight excluding hydrogens is 596 g/mol. The molecule has 3 aromatic rings. The Morgan fingerprint density at radius 1 is 0.976 bits per heavy atom. The quantitative estimate of drug-likeness (QED) is 0.307. The molecule has 0 saturated heterocycles. The minimum Gasteiger partial charge on any atom is -0.493 e. The molecule has 1 atom stereocenters. The maximum Gasteiger partial charge on any atom is 0.264 e. The van der Waals surface area contributed by atoms with Crippen LogP contribution in [-0.4, -0.2) is 59.0 Å². The van der Waals surface area contributed by atoms with Crippen LogP contribution < -0.4 is 19.1 Å². The molecule has 3 rings (SSSR count). The summed E-state index contributed by atoms with van der Waals surface area (Å²) in [7, 11) is -0.226. The van der Waals surface area contributed by atoms with Crippen LogP contribution in [0.3, 0.4) is 0 Å². The van der Waals surface area contributed by atoms with Gasteiger partial charge in [-0.2, -0.15) is 0 Å². The Hall–Kier alpha value is -3.54. The van der Waals surface area contributed by atoms with E-state index < -0.39 is 40.2 Å². The summed E-state index contributed by atoms with van der Waals surface area (Å²) in [5.74, 6) is -1.32. The number of amides is 2. The van der Waals surface area contributed by atoms with Gasteiger partial charge in [-0.25, -0.2) is 12.8 Å². The number of nitrogens with zero attached hydrogens (tertiary/aromatic N) is 2. The van der Waals surface area contributed by atoms with Gasteiger partial charge in [-0.3, -0.25) is 13.9 Å². The highest BCUT2D eigenvalue weighted by Gasteiger charge is 2.34. The molecule has 0 aliphatic carbocycles. The molecule has 0 bridgehead atoms. The minimum absolute atomic E-state index is 0.0262. The Labute approximate surface area is 248 Å². The molecule has 0 aromatic heterocycles. The Bertz CT molecular complexity index is 1480. The molecule has 0 spiro atoms. The van der Waals surface area contributed by atoms with E-state index in [9.17, 15) is 22.4 Å². The lowest BCUT2D eigenvalue weighted by Gasteiger charge is -2.33. The van der Waals surface area contributed by atoms with Crippen molar-refractivity contribution in [2.75, 3.05) is 32.1 Å². The summed E-state index contributed by atoms with van der Waals surface area (Å²) in [6, 6.07) is 12.5. The molecule has 0 saturated carbocycles. The molecule has 0 unspecified atom stereocenters. The van der Waals surface area contributed by atoms with E-state index in [-0.39, 0.29) is 39.3 Å². The predicted octanol–water partition coefficient (Wildman–Crippen LogP) is 4.90. The molecule has 2 amide bonds. The topological polar surface area (TPSA) is 105 Å². The first-order chi connectivity index (χ1) is 19.5. The van der Waals surface area contributed by atoms with Crippen molar-refractivity contribution in [1.82, 2.24) is 10.2 Å². The van der Waals surface area contributed by atoms with Gasteiger partial charge in [-0.15, -0.1) is 0 Å². The zero-order valence-corrected chi connectivity index (χ0v) is 25.2. The summed E-state index contributed by atoms with van der Waals surface area (Å²) in [5, 5.41) is 3.09. The number of nitrogens with one attached hydrogen (secondary N) is 1. The highest BCUT2D eigenvalue weighted by atomic mass is 35.5. The number of sulfonamides is 1. The number of ether oxygens (including phenoxy) is 2. The zero-order chi connectivity index (χ0) is 30.3. The highest BCUT2D eigenvalue weighted by molar-refractivity contribution is 7.92. The van der Waals surface area contributed by atoms with Crippen molar-refractivity contribution >= 4 is 50.7 Å². The van der Waals surface area contributed by atoms with Gasteiger partial charge < -0.3 is 19.7 Å². The van der Waals surface area contributed by atoms with Crippen molar-refractivity contribution in [1.29, 1.82) is 0 Å². The molecule has 1 N–H and O–H groups in total. The number of likely N-dealkylation sites (N-methyl/N-ethyl adjacent to an activating group) is 1. The summed E-state index contributed by atoms with van der Waals surface area (Å²) in [6.07, 6.45) is 0.215. The third-order valence-corrected chi connectivity index (χ3v) is 8.84. The standard InChI is InChI=1S/C28H30Cl2FN3O6S/c1-5-24(28(36)32-2)33(16-21-22(29)7-6-8-23(21)30)27(35)17-34(19-11-9-18(31)10-12-19)41(37,38)20-13-14-25(39-3)26(15-20)40-4/h6-15,24H,5,16-17H2,1-4H3,(H,32,36)/t24-/m1/s1. The molecule has 41 heavy (non-hydrogen) atoms. The van der Waals surface area contributed by atoms with Gasteiger partial charge in [0.1, 0.15) is 18.4 Å². The molecule has 9 nitrogen and oxygen atoms in total. The first kappa shape index (κ1) is 32.0. The molecule has 0 heterocycles. The monoisotopic (exact) mass is 625 g/mol. The first-order valence-electron chi connectivity index (χ1n) is 12.4. The number of methoxy groups -OCH3 is 2. The smallest absolute Gasteiger partial charge is 0.264 e. The van der Waals surface area contributed by atoms with Crippen LogP contribution in [0, 0.1) is 5.82 Å². The number of halogens is 3. The summed E-state index contributed by atoms with van der Waals surface area (Å²) in [5.41, 5.74) is 0.417. The number of anilines is 1. The average Bonchev–Trinajstić information content (AvgIpc) is 2.96. The fourth-order valence-corrected chi connectivity index (χ4v) is 6.13. The maximum absolute atomic E-state index is 14.0. The van der Waals surface area contributed by atoms with E-state index in [2.05, 4.69) is 5.32 Å². The fraction of sp³-hybridized carbons (Fsp3) is 0.286. The van der Waals surface area contributed by atoms with Gasteiger partial charge in [0.05, 0.1) is 24.8 Å². The van der Waals surface area contributed by atoms with Gasteiger partial charge in [-0.05, 0) is 55.0 Å². The summed E-state index contributed by atoms with van der Waals surface area (Å²) >= 11 is 12.8. The first-order valence-corrected chi connectivity index (χ1v) is 14.6. The number of rotatable bonds is 12. The number of carbonyl (C=O) groups is 2. The second-order valence-electron chi connectivity index (χ2n) is 8.77. The van der Waals surface area contributed by atoms with Crippen LogP contribution in [-0.2, 0) is 26.2 Å². The van der Waals surface area contributed by atoms with Crippen LogP contribution in [0.1, 0.15) is 18.9 Å². The van der Waals surface area contributed by atoms with E-state index in [0.29, 0.717) is 11.3 Å². The minimum atomic E-state index is -4.43. The molecule has 0 aliphatic heterocycles. The van der Waals surface area contributed by atoms with Crippen LogP contribution in [0.4, 0.5) is 10.1 Å². The lowest BCUT2D eigenvalue weighted by molar-refractivity contribution is -0.140. The van der Waals surface area contributed by atoms with E-state index in [1.807, 2.05) is 0 Å². The van der Waals surface area contributed by atoms with Gasteiger partial charge in [0.2, 0.25) is 11.8 Å². The predicted molar refractivity (Wildman–Crippen MR) is 156 cm³/mol. The molecule has 0 radical (unpaired) electrons. The number of hydrogen-bond acceptors (Lipinski definition) is 6. The van der Waals surface area contributed by atoms with Crippen LogP contribution in [0.15, 0.2) is 65.6 Å². The molecule has 3 aromatic carbocycles. The van der Waals surface area contributed by atoms with E-state index in [1.54, 1.807) is 25.1 Å². The van der Waals surface area contributed by atoms with E-state index in [0.717, 1.165) is 16.4 Å². The van der Waals surface area contributed by atoms with E-state index in [1.165, 1.54) is 56.5 Å². The SMILES string of the molecule is CC[C@H](C(=O)NC)N(Cc1c(Cl)cccc1Cl)C(=O)CN(c1ccc(F)cc1)S(=O)(=O)c1ccc(OC)c(OC)c1. The second kappa shape index (κ2) is 13.9. The lowest BCUT2D eigenvalue weighted by atomic mass is 10.1. The Kier molecular flexibility index (Phi) is 10.8. The van der Waals surface area contributed by atoms with Crippen molar-refractivity contribution in [3.8, 4) is 11.5 Å². The van der Waals surface area contributed by atoms with Gasteiger partial charge in [-0.1, -0.05) is 36.2 Å². The molecule has 220 valence electrons. The second-order valence-corrected chi connectivity index (χ2v) is 11.4. The summed E-state index contributed by atoms with van der Waals surface area (Å²) < 4.78 is 53.1. The van der Waals surface area contributed by atoms with Crippen molar-refractivity contribution < 1.29 is 31.9 Å². The number of carbonyl (C=O) groups excluding carboxylic acids is 2. The number of benzene rings is 3. The Morgan fingerprint density at radius 2 is 1.59 bits per heavy atom. The van der Waals surface area contributed by atoms with Crippen LogP contribution >= 0.6 is 23.2 Å². The third kappa shape index (κ3) is 7.22. The van der Waals surface area contributed by atoms with Crippen molar-refractivity contribution in [2.24, 2.45) is 0 Å². The van der Waals surface area contributed by atoms with Crippen molar-refractivity contribution in [3.63, 3.8) is 0 Å². The van der Waals surface area contributed by atoms with Crippen LogP contribution in [0.2, 0.25) is 10.0 Å². The van der Waals surface area contributed by atoms with Gasteiger partial charge in [0.25, 0.3) is 10.0 Å². The van der Waals surface area contributed by atoms with Crippen LogP contribution in [0.25, 0.3) is 0 Å². The van der Waals surface area contributed by atoms with E-state index in [4.69, 9.17) is 32.7 Å². The van der Waals surface area contributed by atoms with Crippen LogP contribution in [0.5, 0.6) is 11.5 Å². The van der Waals surface area contributed by atoms with E-state index >= 15 is 0 Å². The number of hydrogen-bond donors (Lipinski definition) is 1. The molecule has 0 aliphatic rings. The highest BCUT2D eigenvalue weighted by Crippen LogP contribution is 2.33. The Balaban J connectivity index is 2.13. The third-order valence-electron chi connectivity index (χ3n) is 6.36. The molecular formula is C28H30Cl2FN3O6S. The van der Waals surface area contributed by atoms with Gasteiger partial charge >= 0.3 is 0 Å². The van der Waals surface area contributed by atoms with Gasteiger partial charge in [0, 0.05) is 35.3 Å². The molecule has 0 fully saturated rings. The zero-order valence-electron chi connectivity index (χ0n) is 22.9. The fourth-order valence-electron chi connectivity index (χ4n) is 4.18. The molecule has 13 heteroatoms. The average molecular weight is 627 g/mol. The van der Waals surface area contributed by atoms with Crippen molar-refractivity contribution in [3.05, 3.63) is 82.1 Å².